The summed E-state index contributed by atoms with van der Waals surface area (Å²) in [5.41, 5.74) is 0. The van der Waals surface area contributed by atoms with Crippen molar-refractivity contribution in [3.8, 4) is 0 Å². The molecular weight excluding hydrogens is 254 g/mol. The van der Waals surface area contributed by atoms with Crippen LogP contribution in [0.3, 0.4) is 0 Å². The molecule has 0 saturated heterocycles. The van der Waals surface area contributed by atoms with Gasteiger partial charge in [0.05, 0.1) is 26.4 Å². The van der Waals surface area contributed by atoms with Crippen LogP contribution in [-0.4, -0.2) is 52.0 Å². The Morgan fingerprint density at radius 2 is 1.85 bits per heavy atom. The van der Waals surface area contributed by atoms with Crippen LogP contribution < -0.4 is 10.6 Å². The van der Waals surface area contributed by atoms with Crippen LogP contribution in [0.1, 0.15) is 40.5 Å². The van der Waals surface area contributed by atoms with Gasteiger partial charge in [0.1, 0.15) is 0 Å². The van der Waals surface area contributed by atoms with E-state index in [2.05, 4.69) is 43.3 Å². The predicted octanol–water partition coefficient (Wildman–Crippen LogP) is 2.03. The Morgan fingerprint density at radius 1 is 1.10 bits per heavy atom. The normalized spacial score (nSPS) is 13.6. The molecule has 1 atom stereocenters. The number of hydrogen-bond acceptors (Lipinski definition) is 3. The average Bonchev–Trinajstić information content (AvgIpc) is 2.40. The maximum atomic E-state index is 5.40. The summed E-state index contributed by atoms with van der Waals surface area (Å²) in [5, 5.41) is 6.70. The van der Waals surface area contributed by atoms with E-state index in [1.54, 1.807) is 7.11 Å². The highest BCUT2D eigenvalue weighted by atomic mass is 16.5. The standard InChI is InChI=1S/C15H33N3O2/c1-6-16-15(17-9-10-20-12-11-19-5)18-14(4)8-7-13(2)3/h13-14H,6-12H2,1-5H3,(H2,16,17,18). The molecule has 0 aliphatic rings. The third-order valence-electron chi connectivity index (χ3n) is 2.84. The molecule has 1 unspecified atom stereocenters. The fourth-order valence-electron chi connectivity index (χ4n) is 1.68. The van der Waals surface area contributed by atoms with Gasteiger partial charge in [-0.05, 0) is 32.6 Å². The number of hydrogen-bond donors (Lipinski definition) is 2. The second kappa shape index (κ2) is 13.2. The fourth-order valence-corrected chi connectivity index (χ4v) is 1.68. The number of rotatable bonds is 11. The van der Waals surface area contributed by atoms with E-state index in [9.17, 15) is 0 Å². The first-order valence-corrected chi connectivity index (χ1v) is 7.71. The number of guanidine groups is 1. The maximum Gasteiger partial charge on any atom is 0.191 e. The minimum absolute atomic E-state index is 0.435. The third kappa shape index (κ3) is 12.2. The SMILES string of the molecule is CCNC(=NCCOCCOC)NC(C)CCC(C)C. The van der Waals surface area contributed by atoms with Crippen LogP contribution >= 0.6 is 0 Å². The predicted molar refractivity (Wildman–Crippen MR) is 85.3 cm³/mol. The summed E-state index contributed by atoms with van der Waals surface area (Å²) in [7, 11) is 1.67. The molecule has 0 rings (SSSR count). The van der Waals surface area contributed by atoms with Crippen LogP contribution in [0.4, 0.5) is 0 Å². The molecule has 0 aliphatic carbocycles. The van der Waals surface area contributed by atoms with E-state index >= 15 is 0 Å². The number of nitrogens with zero attached hydrogens (tertiary/aromatic N) is 1. The monoisotopic (exact) mass is 287 g/mol. The summed E-state index contributed by atoms with van der Waals surface area (Å²) in [4.78, 5) is 4.51. The largest absolute Gasteiger partial charge is 0.382 e. The Balaban J connectivity index is 3.94. The lowest BCUT2D eigenvalue weighted by molar-refractivity contribution is 0.0748. The average molecular weight is 287 g/mol. The van der Waals surface area contributed by atoms with Gasteiger partial charge < -0.3 is 20.1 Å². The number of ether oxygens (including phenoxy) is 2. The lowest BCUT2D eigenvalue weighted by Crippen LogP contribution is -2.42. The molecule has 0 amide bonds. The summed E-state index contributed by atoms with van der Waals surface area (Å²) in [6, 6.07) is 0.435. The van der Waals surface area contributed by atoms with Crippen LogP contribution in [0.2, 0.25) is 0 Å². The molecule has 2 N–H and O–H groups in total. The van der Waals surface area contributed by atoms with Gasteiger partial charge in [-0.3, -0.25) is 4.99 Å². The van der Waals surface area contributed by atoms with Gasteiger partial charge in [-0.1, -0.05) is 13.8 Å². The summed E-state index contributed by atoms with van der Waals surface area (Å²) in [6.07, 6.45) is 2.39. The first-order chi connectivity index (χ1) is 9.60. The first kappa shape index (κ1) is 19.2. The van der Waals surface area contributed by atoms with Gasteiger partial charge in [0.25, 0.3) is 0 Å². The smallest absolute Gasteiger partial charge is 0.191 e. The maximum absolute atomic E-state index is 5.40. The fraction of sp³-hybridized carbons (Fsp3) is 0.933. The molecule has 0 aromatic rings. The summed E-state index contributed by atoms with van der Waals surface area (Å²) < 4.78 is 10.3. The van der Waals surface area contributed by atoms with Gasteiger partial charge in [-0.25, -0.2) is 0 Å². The topological polar surface area (TPSA) is 54.9 Å². The van der Waals surface area contributed by atoms with Gasteiger partial charge in [0.2, 0.25) is 0 Å². The Hall–Kier alpha value is -0.810. The van der Waals surface area contributed by atoms with E-state index in [-0.39, 0.29) is 0 Å². The minimum Gasteiger partial charge on any atom is -0.382 e. The van der Waals surface area contributed by atoms with E-state index in [0.29, 0.717) is 32.4 Å². The molecule has 0 saturated carbocycles. The lowest BCUT2D eigenvalue weighted by Gasteiger charge is -2.18. The van der Waals surface area contributed by atoms with Crippen molar-refractivity contribution in [3.05, 3.63) is 0 Å². The van der Waals surface area contributed by atoms with Crippen molar-refractivity contribution >= 4 is 5.96 Å². The van der Waals surface area contributed by atoms with E-state index in [4.69, 9.17) is 9.47 Å². The molecular formula is C15H33N3O2. The highest BCUT2D eigenvalue weighted by Crippen LogP contribution is 2.06. The van der Waals surface area contributed by atoms with Crippen molar-refractivity contribution in [2.45, 2.75) is 46.6 Å². The molecule has 0 spiro atoms. The van der Waals surface area contributed by atoms with Crippen molar-refractivity contribution in [2.24, 2.45) is 10.9 Å². The van der Waals surface area contributed by atoms with E-state index in [1.807, 2.05) is 0 Å². The molecule has 0 heterocycles. The van der Waals surface area contributed by atoms with Gasteiger partial charge in [-0.2, -0.15) is 0 Å². The number of aliphatic imine (C=N–C) groups is 1. The van der Waals surface area contributed by atoms with Crippen LogP contribution in [0.5, 0.6) is 0 Å². The molecule has 0 aromatic heterocycles. The highest BCUT2D eigenvalue weighted by Gasteiger charge is 2.05. The summed E-state index contributed by atoms with van der Waals surface area (Å²) >= 11 is 0. The molecule has 20 heavy (non-hydrogen) atoms. The quantitative estimate of drug-likeness (QED) is 0.347. The molecule has 0 aliphatic heterocycles. The van der Waals surface area contributed by atoms with Crippen LogP contribution in [0.25, 0.3) is 0 Å². The molecule has 0 fully saturated rings. The van der Waals surface area contributed by atoms with Crippen molar-refractivity contribution < 1.29 is 9.47 Å². The molecule has 120 valence electrons. The van der Waals surface area contributed by atoms with Crippen molar-refractivity contribution in [2.75, 3.05) is 40.0 Å². The summed E-state index contributed by atoms with van der Waals surface area (Å²) in [6.45, 7) is 12.2. The van der Waals surface area contributed by atoms with Crippen LogP contribution in [0, 0.1) is 5.92 Å². The Kier molecular flexibility index (Phi) is 12.7. The van der Waals surface area contributed by atoms with Gasteiger partial charge >= 0.3 is 0 Å². The Morgan fingerprint density at radius 3 is 2.45 bits per heavy atom. The Labute approximate surface area is 124 Å². The highest BCUT2D eigenvalue weighted by molar-refractivity contribution is 5.80. The minimum atomic E-state index is 0.435. The van der Waals surface area contributed by atoms with Crippen molar-refractivity contribution in [1.29, 1.82) is 0 Å². The lowest BCUT2D eigenvalue weighted by atomic mass is 10.0. The molecule has 0 bridgehead atoms. The molecule has 0 aromatic carbocycles. The van der Waals surface area contributed by atoms with Gasteiger partial charge in [-0.15, -0.1) is 0 Å². The zero-order valence-corrected chi connectivity index (χ0v) is 13.9. The van der Waals surface area contributed by atoms with Crippen LogP contribution in [-0.2, 0) is 9.47 Å². The molecule has 5 heteroatoms. The van der Waals surface area contributed by atoms with Gasteiger partial charge in [0, 0.05) is 19.7 Å². The van der Waals surface area contributed by atoms with E-state index < -0.39 is 0 Å². The first-order valence-electron chi connectivity index (χ1n) is 7.71. The Bertz CT molecular complexity index is 245. The number of methoxy groups -OCH3 is 1. The molecule has 5 nitrogen and oxygen atoms in total. The van der Waals surface area contributed by atoms with Crippen molar-refractivity contribution in [3.63, 3.8) is 0 Å². The zero-order chi connectivity index (χ0) is 15.2. The third-order valence-corrected chi connectivity index (χ3v) is 2.84. The van der Waals surface area contributed by atoms with Crippen LogP contribution in [0.15, 0.2) is 4.99 Å². The van der Waals surface area contributed by atoms with Gasteiger partial charge in [0.15, 0.2) is 5.96 Å². The second-order valence-electron chi connectivity index (χ2n) is 5.38. The second-order valence-corrected chi connectivity index (χ2v) is 5.38. The van der Waals surface area contributed by atoms with E-state index in [1.165, 1.54) is 6.42 Å². The van der Waals surface area contributed by atoms with E-state index in [0.717, 1.165) is 24.8 Å². The molecule has 0 radical (unpaired) electrons. The zero-order valence-electron chi connectivity index (χ0n) is 13.9. The number of nitrogens with one attached hydrogen (secondary N) is 2. The van der Waals surface area contributed by atoms with Crippen molar-refractivity contribution in [1.82, 2.24) is 10.6 Å². The summed E-state index contributed by atoms with van der Waals surface area (Å²) in [5.74, 6) is 1.62.